The van der Waals surface area contributed by atoms with Crippen LogP contribution in [0.1, 0.15) is 34.1 Å². The molecule has 0 saturated carbocycles. The van der Waals surface area contributed by atoms with Gasteiger partial charge in [-0.1, -0.05) is 6.92 Å². The van der Waals surface area contributed by atoms with E-state index in [0.29, 0.717) is 31.2 Å². The zero-order chi connectivity index (χ0) is 17.4. The van der Waals surface area contributed by atoms with Crippen molar-refractivity contribution >= 4 is 23.0 Å². The van der Waals surface area contributed by atoms with E-state index in [4.69, 9.17) is 0 Å². The number of nitrogens with one attached hydrogen (secondary N) is 1. The SMILES string of the molecule is CCC(=O)N1CCN(c2cc(F)c3c(c2)N(C(C)C)C(C)N3)CC1. The predicted octanol–water partition coefficient (Wildman–Crippen LogP) is 2.87. The third-order valence-electron chi connectivity index (χ3n) is 4.96. The summed E-state index contributed by atoms with van der Waals surface area (Å²) >= 11 is 0. The Labute approximate surface area is 143 Å². The molecule has 132 valence electrons. The topological polar surface area (TPSA) is 38.8 Å². The molecule has 6 heteroatoms. The average molecular weight is 334 g/mol. The summed E-state index contributed by atoms with van der Waals surface area (Å²) < 4.78 is 14.6. The summed E-state index contributed by atoms with van der Waals surface area (Å²) in [5, 5.41) is 3.24. The molecule has 1 amide bonds. The van der Waals surface area contributed by atoms with Crippen LogP contribution in [0.3, 0.4) is 0 Å². The number of halogens is 1. The molecule has 2 aliphatic heterocycles. The van der Waals surface area contributed by atoms with Gasteiger partial charge in [0.2, 0.25) is 5.91 Å². The lowest BCUT2D eigenvalue weighted by atomic mass is 10.1. The number of fused-ring (bicyclic) bond motifs is 1. The van der Waals surface area contributed by atoms with Crippen molar-refractivity contribution in [3.05, 3.63) is 17.9 Å². The molecule has 0 aromatic heterocycles. The molecule has 1 atom stereocenters. The molecule has 1 aromatic rings. The minimum absolute atomic E-state index is 0.0868. The van der Waals surface area contributed by atoms with E-state index in [9.17, 15) is 9.18 Å². The molecule has 2 aliphatic rings. The van der Waals surface area contributed by atoms with E-state index in [1.165, 1.54) is 0 Å². The number of carbonyl (C=O) groups is 1. The van der Waals surface area contributed by atoms with Gasteiger partial charge in [0.15, 0.2) is 5.82 Å². The molecule has 0 aliphatic carbocycles. The van der Waals surface area contributed by atoms with Gasteiger partial charge >= 0.3 is 0 Å². The maximum Gasteiger partial charge on any atom is 0.222 e. The van der Waals surface area contributed by atoms with Gasteiger partial charge in [0.05, 0.1) is 17.5 Å². The van der Waals surface area contributed by atoms with Crippen molar-refractivity contribution in [1.29, 1.82) is 0 Å². The van der Waals surface area contributed by atoms with Gasteiger partial charge in [-0.05, 0) is 32.9 Å². The van der Waals surface area contributed by atoms with Crippen molar-refractivity contribution in [1.82, 2.24) is 4.90 Å². The number of piperazine rings is 1. The lowest BCUT2D eigenvalue weighted by Gasteiger charge is -2.36. The van der Waals surface area contributed by atoms with E-state index in [1.54, 1.807) is 6.07 Å². The van der Waals surface area contributed by atoms with Crippen LogP contribution in [0.5, 0.6) is 0 Å². The number of hydrogen-bond acceptors (Lipinski definition) is 4. The van der Waals surface area contributed by atoms with E-state index in [2.05, 4.69) is 35.0 Å². The summed E-state index contributed by atoms with van der Waals surface area (Å²) in [6.07, 6.45) is 0.629. The summed E-state index contributed by atoms with van der Waals surface area (Å²) in [5.74, 6) is -0.0108. The van der Waals surface area contributed by atoms with Crippen molar-refractivity contribution in [2.45, 2.75) is 46.3 Å². The molecule has 0 spiro atoms. The number of amides is 1. The first-order chi connectivity index (χ1) is 11.4. The van der Waals surface area contributed by atoms with E-state index in [0.717, 1.165) is 24.5 Å². The van der Waals surface area contributed by atoms with Gasteiger partial charge in [0.25, 0.3) is 0 Å². The van der Waals surface area contributed by atoms with Crippen LogP contribution in [0, 0.1) is 5.82 Å². The fraction of sp³-hybridized carbons (Fsp3) is 0.611. The number of benzene rings is 1. The summed E-state index contributed by atoms with van der Waals surface area (Å²) in [6.45, 7) is 11.1. The standard InChI is InChI=1S/C18H27FN4O/c1-5-17(24)22-8-6-21(7-9-22)14-10-15(19)18-16(11-14)23(12(2)3)13(4)20-18/h10-13,20H,5-9H2,1-4H3. The summed E-state index contributed by atoms with van der Waals surface area (Å²) in [5.41, 5.74) is 2.43. The van der Waals surface area contributed by atoms with Gasteiger partial charge in [-0.2, -0.15) is 0 Å². The smallest absolute Gasteiger partial charge is 0.222 e. The molecule has 1 saturated heterocycles. The fourth-order valence-corrected chi connectivity index (χ4v) is 3.76. The third kappa shape index (κ3) is 2.89. The summed E-state index contributed by atoms with van der Waals surface area (Å²) in [4.78, 5) is 18.1. The van der Waals surface area contributed by atoms with Gasteiger partial charge in [-0.25, -0.2) is 4.39 Å². The number of rotatable bonds is 3. The van der Waals surface area contributed by atoms with Gasteiger partial charge < -0.3 is 20.0 Å². The number of carbonyl (C=O) groups excluding carboxylic acids is 1. The van der Waals surface area contributed by atoms with Gasteiger partial charge in [0.1, 0.15) is 0 Å². The van der Waals surface area contributed by atoms with Crippen LogP contribution in [0.2, 0.25) is 0 Å². The zero-order valence-corrected chi connectivity index (χ0v) is 15.0. The number of hydrogen-bond donors (Lipinski definition) is 1. The Morgan fingerprint density at radius 2 is 1.96 bits per heavy atom. The van der Waals surface area contributed by atoms with Crippen LogP contribution in [0.15, 0.2) is 12.1 Å². The predicted molar refractivity (Wildman–Crippen MR) is 96.2 cm³/mol. The van der Waals surface area contributed by atoms with Gasteiger partial charge in [-0.3, -0.25) is 4.79 Å². The Balaban J connectivity index is 1.82. The van der Waals surface area contributed by atoms with Crippen LogP contribution in [0.4, 0.5) is 21.5 Å². The molecule has 1 unspecified atom stereocenters. The number of nitrogens with zero attached hydrogens (tertiary/aromatic N) is 3. The molecule has 1 fully saturated rings. The first-order valence-corrected chi connectivity index (χ1v) is 8.83. The third-order valence-corrected chi connectivity index (χ3v) is 4.96. The Hall–Kier alpha value is -1.98. The minimum Gasteiger partial charge on any atom is -0.368 e. The summed E-state index contributed by atoms with van der Waals surface area (Å²) in [6, 6.07) is 3.98. The van der Waals surface area contributed by atoms with Crippen LogP contribution in [-0.4, -0.2) is 49.2 Å². The Morgan fingerprint density at radius 3 is 2.54 bits per heavy atom. The second-order valence-corrected chi connectivity index (χ2v) is 6.86. The molecule has 3 rings (SSSR count). The molecule has 2 heterocycles. The van der Waals surface area contributed by atoms with Crippen LogP contribution < -0.4 is 15.1 Å². The Bertz CT molecular complexity index is 626. The van der Waals surface area contributed by atoms with E-state index >= 15 is 0 Å². The summed E-state index contributed by atoms with van der Waals surface area (Å²) in [7, 11) is 0. The average Bonchev–Trinajstić information content (AvgIpc) is 2.91. The lowest BCUT2D eigenvalue weighted by Crippen LogP contribution is -2.48. The molecule has 1 N–H and O–H groups in total. The highest BCUT2D eigenvalue weighted by Gasteiger charge is 2.31. The molecule has 0 bridgehead atoms. The Kier molecular flexibility index (Phi) is 4.56. The van der Waals surface area contributed by atoms with E-state index in [-0.39, 0.29) is 17.9 Å². The molecule has 1 aromatic carbocycles. The fourth-order valence-electron chi connectivity index (χ4n) is 3.76. The molecular weight excluding hydrogens is 307 g/mol. The highest BCUT2D eigenvalue weighted by molar-refractivity contribution is 5.81. The highest BCUT2D eigenvalue weighted by atomic mass is 19.1. The Morgan fingerprint density at radius 1 is 1.29 bits per heavy atom. The maximum atomic E-state index is 14.6. The second kappa shape index (κ2) is 6.49. The van der Waals surface area contributed by atoms with Crippen molar-refractivity contribution in [3.8, 4) is 0 Å². The largest absolute Gasteiger partial charge is 0.368 e. The van der Waals surface area contributed by atoms with Gasteiger partial charge in [-0.15, -0.1) is 0 Å². The van der Waals surface area contributed by atoms with Crippen molar-refractivity contribution in [2.75, 3.05) is 41.3 Å². The first kappa shape index (κ1) is 16.9. The molecular formula is C18H27FN4O. The van der Waals surface area contributed by atoms with E-state index < -0.39 is 0 Å². The second-order valence-electron chi connectivity index (χ2n) is 6.86. The quantitative estimate of drug-likeness (QED) is 0.922. The van der Waals surface area contributed by atoms with Crippen molar-refractivity contribution in [3.63, 3.8) is 0 Å². The first-order valence-electron chi connectivity index (χ1n) is 8.83. The van der Waals surface area contributed by atoms with Crippen LogP contribution in [-0.2, 0) is 4.79 Å². The normalized spacial score (nSPS) is 20.4. The lowest BCUT2D eigenvalue weighted by molar-refractivity contribution is -0.131. The number of anilines is 3. The van der Waals surface area contributed by atoms with E-state index in [1.807, 2.05) is 18.7 Å². The monoisotopic (exact) mass is 334 g/mol. The molecule has 5 nitrogen and oxygen atoms in total. The van der Waals surface area contributed by atoms with Gasteiger partial charge in [0, 0.05) is 44.3 Å². The maximum absolute atomic E-state index is 14.6. The van der Waals surface area contributed by atoms with Crippen LogP contribution in [0.25, 0.3) is 0 Å². The highest BCUT2D eigenvalue weighted by Crippen LogP contribution is 2.41. The zero-order valence-electron chi connectivity index (χ0n) is 15.0. The van der Waals surface area contributed by atoms with Crippen molar-refractivity contribution < 1.29 is 9.18 Å². The molecule has 0 radical (unpaired) electrons. The van der Waals surface area contributed by atoms with Crippen molar-refractivity contribution in [2.24, 2.45) is 0 Å². The minimum atomic E-state index is -0.204. The van der Waals surface area contributed by atoms with Crippen LogP contribution >= 0.6 is 0 Å². The molecule has 24 heavy (non-hydrogen) atoms.